The molecule has 3 aromatic rings. The lowest BCUT2D eigenvalue weighted by Crippen LogP contribution is -2.27. The maximum Gasteiger partial charge on any atom is 0.261 e. The molecule has 2 heterocycles. The number of hydrogen-bond donors (Lipinski definition) is 1. The average molecular weight is 468 g/mol. The van der Waals surface area contributed by atoms with Gasteiger partial charge in [0, 0.05) is 25.5 Å². The standard InChI is InChI=1S/C25H29N3O6/c1-16(17-7-8-20-23(12-17)34-11-5-10-33-20)27-24(29)6-4-9-28-15-26-19-14-22(32-3)21(31-2)13-18(19)25(28)30/h7-8,12-16H,4-6,9-11H2,1-3H3,(H,27,29). The molecule has 1 atom stereocenters. The van der Waals surface area contributed by atoms with E-state index in [0.717, 1.165) is 17.7 Å². The summed E-state index contributed by atoms with van der Waals surface area (Å²) in [6, 6.07) is 8.84. The number of fused-ring (bicyclic) bond motifs is 2. The minimum Gasteiger partial charge on any atom is -0.493 e. The van der Waals surface area contributed by atoms with Crippen molar-refractivity contribution in [2.75, 3.05) is 27.4 Å². The summed E-state index contributed by atoms with van der Waals surface area (Å²) >= 11 is 0. The Balaban J connectivity index is 1.36. The van der Waals surface area contributed by atoms with Gasteiger partial charge < -0.3 is 24.3 Å². The Morgan fingerprint density at radius 3 is 2.62 bits per heavy atom. The highest BCUT2D eigenvalue weighted by atomic mass is 16.5. The van der Waals surface area contributed by atoms with Crippen LogP contribution in [0.4, 0.5) is 0 Å². The Morgan fingerprint density at radius 2 is 1.85 bits per heavy atom. The van der Waals surface area contributed by atoms with Gasteiger partial charge in [0.1, 0.15) is 0 Å². The molecular weight excluding hydrogens is 438 g/mol. The van der Waals surface area contributed by atoms with Crippen LogP contribution in [-0.2, 0) is 11.3 Å². The third-order valence-corrected chi connectivity index (χ3v) is 5.78. The normalized spacial score (nSPS) is 13.7. The highest BCUT2D eigenvalue weighted by Crippen LogP contribution is 2.32. The predicted octanol–water partition coefficient (Wildman–Crippen LogP) is 3.23. The topological polar surface area (TPSA) is 101 Å². The Kier molecular flexibility index (Phi) is 7.20. The molecule has 1 aliphatic heterocycles. The van der Waals surface area contributed by atoms with Crippen molar-refractivity contribution in [3.05, 3.63) is 52.6 Å². The monoisotopic (exact) mass is 467 g/mol. The summed E-state index contributed by atoms with van der Waals surface area (Å²) < 4.78 is 23.5. The number of nitrogens with zero attached hydrogens (tertiary/aromatic N) is 2. The second kappa shape index (κ2) is 10.5. The molecule has 2 aromatic carbocycles. The van der Waals surface area contributed by atoms with Crippen LogP contribution >= 0.6 is 0 Å². The first-order valence-corrected chi connectivity index (χ1v) is 11.3. The number of benzene rings is 2. The third kappa shape index (κ3) is 5.08. The highest BCUT2D eigenvalue weighted by molar-refractivity contribution is 5.81. The molecule has 180 valence electrons. The fraction of sp³-hybridized carbons (Fsp3) is 0.400. The molecule has 34 heavy (non-hydrogen) atoms. The first-order valence-electron chi connectivity index (χ1n) is 11.3. The molecule has 4 rings (SSSR count). The van der Waals surface area contributed by atoms with Crippen LogP contribution in [0.2, 0.25) is 0 Å². The van der Waals surface area contributed by atoms with Crippen molar-refractivity contribution in [2.45, 2.75) is 38.8 Å². The van der Waals surface area contributed by atoms with Gasteiger partial charge in [-0.05, 0) is 37.1 Å². The van der Waals surface area contributed by atoms with E-state index in [-0.39, 0.29) is 23.9 Å². The zero-order valence-corrected chi connectivity index (χ0v) is 19.6. The van der Waals surface area contributed by atoms with Crippen molar-refractivity contribution in [2.24, 2.45) is 0 Å². The SMILES string of the molecule is COc1cc2ncn(CCCC(=O)NC(C)c3ccc4c(c3)OCCCO4)c(=O)c2cc1OC. The fourth-order valence-corrected chi connectivity index (χ4v) is 3.90. The lowest BCUT2D eigenvalue weighted by atomic mass is 10.1. The zero-order chi connectivity index (χ0) is 24.1. The van der Waals surface area contributed by atoms with Gasteiger partial charge in [0.2, 0.25) is 5.91 Å². The molecule has 1 unspecified atom stereocenters. The van der Waals surface area contributed by atoms with E-state index in [2.05, 4.69) is 10.3 Å². The van der Waals surface area contributed by atoms with Gasteiger partial charge in [-0.1, -0.05) is 6.07 Å². The molecule has 0 spiro atoms. The molecule has 0 saturated carbocycles. The van der Waals surface area contributed by atoms with Crippen LogP contribution in [0.25, 0.3) is 10.9 Å². The molecule has 0 bridgehead atoms. The van der Waals surface area contributed by atoms with E-state index in [0.29, 0.717) is 54.3 Å². The van der Waals surface area contributed by atoms with Gasteiger partial charge in [0.05, 0.1) is 50.7 Å². The number of methoxy groups -OCH3 is 2. The van der Waals surface area contributed by atoms with Crippen LogP contribution in [0, 0.1) is 0 Å². The zero-order valence-electron chi connectivity index (χ0n) is 19.6. The molecule has 0 aliphatic carbocycles. The van der Waals surface area contributed by atoms with Gasteiger partial charge >= 0.3 is 0 Å². The summed E-state index contributed by atoms with van der Waals surface area (Å²) in [4.78, 5) is 29.8. The number of rotatable bonds is 8. The van der Waals surface area contributed by atoms with Crippen LogP contribution < -0.4 is 29.8 Å². The van der Waals surface area contributed by atoms with E-state index in [4.69, 9.17) is 18.9 Å². The van der Waals surface area contributed by atoms with E-state index in [1.54, 1.807) is 12.1 Å². The average Bonchev–Trinajstić information content (AvgIpc) is 3.09. The molecule has 1 aliphatic rings. The first-order chi connectivity index (χ1) is 16.5. The van der Waals surface area contributed by atoms with Gasteiger partial charge in [-0.3, -0.25) is 14.2 Å². The molecular formula is C25H29N3O6. The first kappa shape index (κ1) is 23.4. The lowest BCUT2D eigenvalue weighted by molar-refractivity contribution is -0.121. The summed E-state index contributed by atoms with van der Waals surface area (Å²) in [7, 11) is 3.05. The second-order valence-electron chi connectivity index (χ2n) is 8.12. The molecule has 0 fully saturated rings. The van der Waals surface area contributed by atoms with E-state index in [1.807, 2.05) is 25.1 Å². The van der Waals surface area contributed by atoms with Crippen LogP contribution in [0.5, 0.6) is 23.0 Å². The molecule has 0 saturated heterocycles. The number of aromatic nitrogens is 2. The summed E-state index contributed by atoms with van der Waals surface area (Å²) in [6.45, 7) is 3.55. The number of ether oxygens (including phenoxy) is 4. The summed E-state index contributed by atoms with van der Waals surface area (Å²) in [5.41, 5.74) is 1.28. The van der Waals surface area contributed by atoms with Crippen LogP contribution in [0.1, 0.15) is 37.8 Å². The quantitative estimate of drug-likeness (QED) is 0.543. The number of aryl methyl sites for hydroxylation is 1. The van der Waals surface area contributed by atoms with Gasteiger partial charge in [-0.25, -0.2) is 4.98 Å². The summed E-state index contributed by atoms with van der Waals surface area (Å²) in [5.74, 6) is 2.32. The number of carbonyl (C=O) groups excluding carboxylic acids is 1. The van der Waals surface area contributed by atoms with Crippen LogP contribution in [0.3, 0.4) is 0 Å². The third-order valence-electron chi connectivity index (χ3n) is 5.78. The minimum atomic E-state index is -0.188. The van der Waals surface area contributed by atoms with Crippen LogP contribution in [0.15, 0.2) is 41.5 Å². The van der Waals surface area contributed by atoms with E-state index in [1.165, 1.54) is 25.1 Å². The minimum absolute atomic E-state index is 0.0900. The van der Waals surface area contributed by atoms with Crippen molar-refractivity contribution >= 4 is 16.8 Å². The van der Waals surface area contributed by atoms with Crippen molar-refractivity contribution < 1.29 is 23.7 Å². The van der Waals surface area contributed by atoms with Crippen molar-refractivity contribution in [3.8, 4) is 23.0 Å². The number of hydrogen-bond acceptors (Lipinski definition) is 7. The Labute approximate surface area is 197 Å². The van der Waals surface area contributed by atoms with E-state index < -0.39 is 0 Å². The van der Waals surface area contributed by atoms with Gasteiger partial charge in [0.15, 0.2) is 23.0 Å². The van der Waals surface area contributed by atoms with Gasteiger partial charge in [0.25, 0.3) is 5.56 Å². The van der Waals surface area contributed by atoms with Crippen molar-refractivity contribution in [3.63, 3.8) is 0 Å². The molecule has 9 heteroatoms. The lowest BCUT2D eigenvalue weighted by Gasteiger charge is -2.16. The highest BCUT2D eigenvalue weighted by Gasteiger charge is 2.16. The Hall–Kier alpha value is -3.75. The summed E-state index contributed by atoms with van der Waals surface area (Å²) in [6.07, 6.45) is 3.12. The van der Waals surface area contributed by atoms with Crippen LogP contribution in [-0.4, -0.2) is 42.9 Å². The molecule has 9 nitrogen and oxygen atoms in total. The van der Waals surface area contributed by atoms with Crippen molar-refractivity contribution in [1.29, 1.82) is 0 Å². The smallest absolute Gasteiger partial charge is 0.261 e. The van der Waals surface area contributed by atoms with Crippen molar-refractivity contribution in [1.82, 2.24) is 14.9 Å². The van der Waals surface area contributed by atoms with E-state index in [9.17, 15) is 9.59 Å². The van der Waals surface area contributed by atoms with Gasteiger partial charge in [-0.15, -0.1) is 0 Å². The number of nitrogens with one attached hydrogen (secondary N) is 1. The molecule has 1 aromatic heterocycles. The Morgan fingerprint density at radius 1 is 1.12 bits per heavy atom. The summed E-state index contributed by atoms with van der Waals surface area (Å²) in [5, 5.41) is 3.45. The largest absolute Gasteiger partial charge is 0.493 e. The number of amides is 1. The second-order valence-corrected chi connectivity index (χ2v) is 8.12. The molecule has 1 amide bonds. The maximum absolute atomic E-state index is 12.9. The van der Waals surface area contributed by atoms with E-state index >= 15 is 0 Å². The number of carbonyl (C=O) groups is 1. The Bertz CT molecular complexity index is 1240. The predicted molar refractivity (Wildman–Crippen MR) is 127 cm³/mol. The van der Waals surface area contributed by atoms with Gasteiger partial charge in [-0.2, -0.15) is 0 Å². The molecule has 0 radical (unpaired) electrons. The fourth-order valence-electron chi connectivity index (χ4n) is 3.90. The molecule has 1 N–H and O–H groups in total. The maximum atomic E-state index is 12.9.